The SMILES string of the molecule is CCc1cccc(OCC(=O)Nc2nc(-c3ccccc3OC)cs2)c1. The number of methoxy groups -OCH3 is 1. The number of benzene rings is 2. The molecule has 0 bridgehead atoms. The third-order valence-electron chi connectivity index (χ3n) is 3.81. The predicted octanol–water partition coefficient (Wildman–Crippen LogP) is 4.40. The summed E-state index contributed by atoms with van der Waals surface area (Å²) in [6.07, 6.45) is 0.925. The molecule has 0 fully saturated rings. The monoisotopic (exact) mass is 368 g/mol. The fourth-order valence-electron chi connectivity index (χ4n) is 2.47. The zero-order chi connectivity index (χ0) is 18.4. The van der Waals surface area contributed by atoms with E-state index in [1.807, 2.05) is 53.9 Å². The number of anilines is 1. The van der Waals surface area contributed by atoms with Crippen LogP contribution in [-0.2, 0) is 11.2 Å². The van der Waals surface area contributed by atoms with Crippen LogP contribution < -0.4 is 14.8 Å². The topological polar surface area (TPSA) is 60.5 Å². The zero-order valence-corrected chi connectivity index (χ0v) is 15.5. The maximum Gasteiger partial charge on any atom is 0.264 e. The number of hydrogen-bond donors (Lipinski definition) is 1. The van der Waals surface area contributed by atoms with Crippen molar-refractivity contribution in [1.29, 1.82) is 0 Å². The van der Waals surface area contributed by atoms with Crippen molar-refractivity contribution in [3.05, 3.63) is 59.5 Å². The second-order valence-corrected chi connectivity index (χ2v) is 6.43. The van der Waals surface area contributed by atoms with Crippen molar-refractivity contribution in [2.75, 3.05) is 19.0 Å². The number of nitrogens with one attached hydrogen (secondary N) is 1. The van der Waals surface area contributed by atoms with E-state index in [1.54, 1.807) is 7.11 Å². The van der Waals surface area contributed by atoms with Gasteiger partial charge < -0.3 is 9.47 Å². The molecular formula is C20H20N2O3S. The Labute approximate surface area is 156 Å². The number of aryl methyl sites for hydroxylation is 1. The Balaban J connectivity index is 1.61. The van der Waals surface area contributed by atoms with Crippen LogP contribution in [0, 0.1) is 0 Å². The second-order valence-electron chi connectivity index (χ2n) is 5.58. The molecule has 6 heteroatoms. The summed E-state index contributed by atoms with van der Waals surface area (Å²) in [6, 6.07) is 15.4. The summed E-state index contributed by atoms with van der Waals surface area (Å²) in [5.41, 5.74) is 2.82. The van der Waals surface area contributed by atoms with E-state index in [9.17, 15) is 4.79 Å². The van der Waals surface area contributed by atoms with Crippen LogP contribution in [0.25, 0.3) is 11.3 Å². The summed E-state index contributed by atoms with van der Waals surface area (Å²) in [6.45, 7) is 2.02. The minimum atomic E-state index is -0.243. The van der Waals surface area contributed by atoms with Gasteiger partial charge in [-0.15, -0.1) is 11.3 Å². The van der Waals surface area contributed by atoms with Crippen LogP contribution in [0.1, 0.15) is 12.5 Å². The van der Waals surface area contributed by atoms with Crippen molar-refractivity contribution in [3.63, 3.8) is 0 Å². The summed E-state index contributed by atoms with van der Waals surface area (Å²) >= 11 is 1.37. The van der Waals surface area contributed by atoms with E-state index >= 15 is 0 Å². The van der Waals surface area contributed by atoms with E-state index in [4.69, 9.17) is 9.47 Å². The first-order valence-electron chi connectivity index (χ1n) is 8.30. The van der Waals surface area contributed by atoms with Gasteiger partial charge >= 0.3 is 0 Å². The van der Waals surface area contributed by atoms with Gasteiger partial charge in [-0.05, 0) is 36.2 Å². The Morgan fingerprint density at radius 3 is 2.85 bits per heavy atom. The van der Waals surface area contributed by atoms with Gasteiger partial charge in [-0.25, -0.2) is 4.98 Å². The lowest BCUT2D eigenvalue weighted by Gasteiger charge is -2.07. The molecule has 0 aliphatic carbocycles. The lowest BCUT2D eigenvalue weighted by Crippen LogP contribution is -2.20. The maximum absolute atomic E-state index is 12.1. The lowest BCUT2D eigenvalue weighted by atomic mass is 10.1. The van der Waals surface area contributed by atoms with E-state index in [2.05, 4.69) is 17.2 Å². The van der Waals surface area contributed by atoms with Crippen molar-refractivity contribution in [2.24, 2.45) is 0 Å². The summed E-state index contributed by atoms with van der Waals surface area (Å²) < 4.78 is 10.9. The molecule has 5 nitrogen and oxygen atoms in total. The molecule has 0 radical (unpaired) electrons. The fraction of sp³-hybridized carbons (Fsp3) is 0.200. The van der Waals surface area contributed by atoms with Crippen molar-refractivity contribution >= 4 is 22.4 Å². The molecule has 0 unspecified atom stereocenters. The summed E-state index contributed by atoms with van der Waals surface area (Å²) in [4.78, 5) is 16.6. The fourth-order valence-corrected chi connectivity index (χ4v) is 3.20. The number of thiazole rings is 1. The van der Waals surface area contributed by atoms with Crippen LogP contribution in [0.2, 0.25) is 0 Å². The number of nitrogens with zero attached hydrogens (tertiary/aromatic N) is 1. The Morgan fingerprint density at radius 1 is 1.19 bits per heavy atom. The van der Waals surface area contributed by atoms with Crippen LogP contribution >= 0.6 is 11.3 Å². The van der Waals surface area contributed by atoms with Crippen LogP contribution in [0.3, 0.4) is 0 Å². The third kappa shape index (κ3) is 4.40. The van der Waals surface area contributed by atoms with Crippen molar-refractivity contribution in [2.45, 2.75) is 13.3 Å². The van der Waals surface area contributed by atoms with Crippen molar-refractivity contribution in [3.8, 4) is 22.8 Å². The summed E-state index contributed by atoms with van der Waals surface area (Å²) in [5, 5.41) is 5.19. The van der Waals surface area contributed by atoms with Crippen LogP contribution in [-0.4, -0.2) is 24.6 Å². The minimum Gasteiger partial charge on any atom is -0.496 e. The van der Waals surface area contributed by atoms with Crippen molar-refractivity contribution < 1.29 is 14.3 Å². The molecule has 26 heavy (non-hydrogen) atoms. The minimum absolute atomic E-state index is 0.0588. The summed E-state index contributed by atoms with van der Waals surface area (Å²) in [5.74, 6) is 1.19. The highest BCUT2D eigenvalue weighted by Gasteiger charge is 2.11. The molecule has 2 aromatic carbocycles. The van der Waals surface area contributed by atoms with Gasteiger partial charge in [0.1, 0.15) is 11.5 Å². The number of rotatable bonds is 7. The first-order valence-corrected chi connectivity index (χ1v) is 9.18. The van der Waals surface area contributed by atoms with E-state index in [0.717, 1.165) is 23.4 Å². The molecule has 1 aromatic heterocycles. The van der Waals surface area contributed by atoms with Gasteiger partial charge in [0, 0.05) is 10.9 Å². The molecule has 134 valence electrons. The first-order chi connectivity index (χ1) is 12.7. The average Bonchev–Trinajstić information content (AvgIpc) is 3.14. The first kappa shape index (κ1) is 17.9. The molecule has 3 rings (SSSR count). The Morgan fingerprint density at radius 2 is 2.04 bits per heavy atom. The molecule has 0 spiro atoms. The molecule has 0 aliphatic heterocycles. The van der Waals surface area contributed by atoms with Gasteiger partial charge in [-0.3, -0.25) is 10.1 Å². The standard InChI is InChI=1S/C20H20N2O3S/c1-3-14-7-6-8-15(11-14)25-12-19(23)22-20-21-17(13-26-20)16-9-4-5-10-18(16)24-2/h4-11,13H,3,12H2,1-2H3,(H,21,22,23). The van der Waals surface area contributed by atoms with Gasteiger partial charge in [-0.1, -0.05) is 31.2 Å². The quantitative estimate of drug-likeness (QED) is 0.671. The number of carbonyl (C=O) groups excluding carboxylic acids is 1. The van der Waals surface area contributed by atoms with Crippen LogP contribution in [0.4, 0.5) is 5.13 Å². The second kappa shape index (κ2) is 8.49. The highest BCUT2D eigenvalue weighted by molar-refractivity contribution is 7.14. The van der Waals surface area contributed by atoms with Gasteiger partial charge in [0.2, 0.25) is 0 Å². The number of amides is 1. The number of carbonyl (C=O) groups is 1. The van der Waals surface area contributed by atoms with Gasteiger partial charge in [-0.2, -0.15) is 0 Å². The average molecular weight is 368 g/mol. The third-order valence-corrected chi connectivity index (χ3v) is 4.57. The molecule has 0 atom stereocenters. The van der Waals surface area contributed by atoms with E-state index in [-0.39, 0.29) is 12.5 Å². The Kier molecular flexibility index (Phi) is 5.86. The Bertz CT molecular complexity index is 892. The maximum atomic E-state index is 12.1. The molecule has 3 aromatic rings. The molecule has 0 saturated carbocycles. The van der Waals surface area contributed by atoms with E-state index < -0.39 is 0 Å². The van der Waals surface area contributed by atoms with E-state index in [1.165, 1.54) is 16.9 Å². The van der Waals surface area contributed by atoms with E-state index in [0.29, 0.717) is 10.9 Å². The zero-order valence-electron chi connectivity index (χ0n) is 14.7. The van der Waals surface area contributed by atoms with Crippen LogP contribution in [0.15, 0.2) is 53.9 Å². The highest BCUT2D eigenvalue weighted by atomic mass is 32.1. The predicted molar refractivity (Wildman–Crippen MR) is 104 cm³/mol. The number of ether oxygens (including phenoxy) is 2. The molecule has 1 heterocycles. The molecule has 1 amide bonds. The number of hydrogen-bond acceptors (Lipinski definition) is 5. The molecule has 0 saturated heterocycles. The largest absolute Gasteiger partial charge is 0.496 e. The highest BCUT2D eigenvalue weighted by Crippen LogP contribution is 2.31. The lowest BCUT2D eigenvalue weighted by molar-refractivity contribution is -0.118. The molecule has 0 aliphatic rings. The smallest absolute Gasteiger partial charge is 0.264 e. The number of para-hydroxylation sites is 1. The number of aromatic nitrogens is 1. The Hall–Kier alpha value is -2.86. The van der Waals surface area contributed by atoms with Gasteiger partial charge in [0.15, 0.2) is 11.7 Å². The summed E-state index contributed by atoms with van der Waals surface area (Å²) in [7, 11) is 1.62. The van der Waals surface area contributed by atoms with Gasteiger partial charge in [0.05, 0.1) is 12.8 Å². The molecule has 1 N–H and O–H groups in total. The van der Waals surface area contributed by atoms with Crippen molar-refractivity contribution in [1.82, 2.24) is 4.98 Å². The van der Waals surface area contributed by atoms with Crippen LogP contribution in [0.5, 0.6) is 11.5 Å². The molecular weight excluding hydrogens is 348 g/mol. The normalized spacial score (nSPS) is 10.4. The van der Waals surface area contributed by atoms with Gasteiger partial charge in [0.25, 0.3) is 5.91 Å².